The number of imidazole rings is 1. The number of halogens is 5. The lowest BCUT2D eigenvalue weighted by molar-refractivity contribution is -0.137. The minimum Gasteiger partial charge on any atom is -0.329 e. The highest BCUT2D eigenvalue weighted by atomic mass is 19.4. The van der Waals surface area contributed by atoms with Gasteiger partial charge in [-0.15, -0.1) is 0 Å². The van der Waals surface area contributed by atoms with E-state index in [1.165, 1.54) is 6.07 Å². The molecule has 23 heavy (non-hydrogen) atoms. The predicted octanol–water partition coefficient (Wildman–Crippen LogP) is 4.55. The van der Waals surface area contributed by atoms with Gasteiger partial charge in [0.25, 0.3) is 0 Å². The second kappa shape index (κ2) is 6.47. The molecule has 1 aromatic heterocycles. The Morgan fingerprint density at radius 3 is 2.70 bits per heavy atom. The van der Waals surface area contributed by atoms with Gasteiger partial charge < -0.3 is 4.57 Å². The van der Waals surface area contributed by atoms with Gasteiger partial charge in [0.2, 0.25) is 5.97 Å². The highest BCUT2D eigenvalue weighted by Crippen LogP contribution is 2.32. The van der Waals surface area contributed by atoms with Crippen molar-refractivity contribution in [1.29, 1.82) is 0 Å². The summed E-state index contributed by atoms with van der Waals surface area (Å²) in [5, 5.41) is 0. The van der Waals surface area contributed by atoms with Gasteiger partial charge in [-0.2, -0.15) is 17.6 Å². The van der Waals surface area contributed by atoms with Crippen LogP contribution in [0.1, 0.15) is 24.4 Å². The van der Waals surface area contributed by atoms with Crippen molar-refractivity contribution in [3.63, 3.8) is 0 Å². The maximum Gasteiger partial charge on any atom is 0.416 e. The van der Waals surface area contributed by atoms with E-state index in [4.69, 9.17) is 0 Å². The van der Waals surface area contributed by atoms with Crippen molar-refractivity contribution >= 4 is 17.0 Å². The number of aromatic nitrogens is 2. The molecule has 1 unspecified atom stereocenters. The first kappa shape index (κ1) is 17.1. The van der Waals surface area contributed by atoms with Crippen LogP contribution in [0.15, 0.2) is 35.3 Å². The summed E-state index contributed by atoms with van der Waals surface area (Å²) in [5.74, 6) is -0.568. The number of aliphatic imine (C=N–C) groups is 1. The van der Waals surface area contributed by atoms with Gasteiger partial charge in [-0.1, -0.05) is 0 Å². The molecule has 0 spiro atoms. The first-order chi connectivity index (χ1) is 10.7. The second-order valence-electron chi connectivity index (χ2n) is 4.91. The summed E-state index contributed by atoms with van der Waals surface area (Å²) in [6.07, 6.45) is -2.60. The van der Waals surface area contributed by atoms with Crippen LogP contribution in [0.4, 0.5) is 22.0 Å². The van der Waals surface area contributed by atoms with Crippen molar-refractivity contribution in [3.05, 3.63) is 41.7 Å². The molecule has 0 fully saturated rings. The van der Waals surface area contributed by atoms with Crippen LogP contribution in [-0.2, 0) is 13.2 Å². The average molecular weight is 331 g/mol. The highest BCUT2D eigenvalue weighted by molar-refractivity contribution is 5.86. The van der Waals surface area contributed by atoms with E-state index in [0.29, 0.717) is 11.3 Å². The molecule has 2 aromatic rings. The minimum atomic E-state index is -4.46. The van der Waals surface area contributed by atoms with Crippen LogP contribution < -0.4 is 0 Å². The fourth-order valence-electron chi connectivity index (χ4n) is 2.20. The molecule has 0 aliphatic rings. The minimum absolute atomic E-state index is 0.152. The fraction of sp³-hybridized carbons (Fsp3) is 0.333. The smallest absolute Gasteiger partial charge is 0.329 e. The highest BCUT2D eigenvalue weighted by Gasteiger charge is 2.31. The van der Waals surface area contributed by atoms with E-state index >= 15 is 0 Å². The largest absolute Gasteiger partial charge is 0.416 e. The zero-order chi connectivity index (χ0) is 17.2. The van der Waals surface area contributed by atoms with Crippen LogP contribution in [0.25, 0.3) is 11.0 Å². The second-order valence-corrected chi connectivity index (χ2v) is 4.91. The molecule has 8 heteroatoms. The standard InChI is InChI=1S/C15H14F5N3/c1-9(21-13(17)4-3-7-16)14-22-11-8-10(15(18,19)20)5-6-12(11)23(14)2/h3-6,8-9H,7H2,1-2H3/b4-3-,21-13+. The Hall–Kier alpha value is -2.25. The van der Waals surface area contributed by atoms with Crippen molar-refractivity contribution < 1.29 is 22.0 Å². The van der Waals surface area contributed by atoms with Gasteiger partial charge in [0.15, 0.2) is 0 Å². The third-order valence-corrected chi connectivity index (χ3v) is 3.28. The van der Waals surface area contributed by atoms with Crippen LogP contribution in [0.5, 0.6) is 0 Å². The predicted molar refractivity (Wildman–Crippen MR) is 77.8 cm³/mol. The Labute approximate surface area is 129 Å². The third kappa shape index (κ3) is 3.75. The van der Waals surface area contributed by atoms with Crippen molar-refractivity contribution in [1.82, 2.24) is 9.55 Å². The summed E-state index contributed by atoms with van der Waals surface area (Å²) in [6, 6.07) is 2.48. The van der Waals surface area contributed by atoms with Crippen LogP contribution >= 0.6 is 0 Å². The van der Waals surface area contributed by atoms with Crippen molar-refractivity contribution in [2.45, 2.75) is 19.1 Å². The number of hydrogen-bond acceptors (Lipinski definition) is 2. The number of fused-ring (bicyclic) bond motifs is 1. The summed E-state index contributed by atoms with van der Waals surface area (Å²) >= 11 is 0. The van der Waals surface area contributed by atoms with Gasteiger partial charge in [0.1, 0.15) is 18.5 Å². The van der Waals surface area contributed by atoms with Crippen LogP contribution in [-0.4, -0.2) is 22.2 Å². The molecule has 1 aromatic carbocycles. The molecule has 2 rings (SSSR count). The molecule has 1 heterocycles. The van der Waals surface area contributed by atoms with E-state index < -0.39 is 30.4 Å². The van der Waals surface area contributed by atoms with E-state index in [0.717, 1.165) is 24.3 Å². The first-order valence-electron chi connectivity index (χ1n) is 6.73. The van der Waals surface area contributed by atoms with E-state index in [2.05, 4.69) is 9.98 Å². The zero-order valence-corrected chi connectivity index (χ0v) is 12.4. The van der Waals surface area contributed by atoms with Crippen LogP contribution in [0.2, 0.25) is 0 Å². The van der Waals surface area contributed by atoms with E-state index in [1.807, 2.05) is 0 Å². The monoisotopic (exact) mass is 331 g/mol. The summed E-state index contributed by atoms with van der Waals surface area (Å²) in [5.41, 5.74) is -0.170. The molecule has 124 valence electrons. The molecule has 0 radical (unpaired) electrons. The molecule has 3 nitrogen and oxygen atoms in total. The van der Waals surface area contributed by atoms with Gasteiger partial charge in [0.05, 0.1) is 16.6 Å². The maximum atomic E-state index is 13.4. The number of alkyl halides is 4. The fourth-order valence-corrected chi connectivity index (χ4v) is 2.20. The van der Waals surface area contributed by atoms with Crippen LogP contribution in [0.3, 0.4) is 0 Å². The van der Waals surface area contributed by atoms with E-state index in [9.17, 15) is 22.0 Å². The molecule has 1 atom stereocenters. The number of nitrogens with zero attached hydrogens (tertiary/aromatic N) is 3. The summed E-state index contributed by atoms with van der Waals surface area (Å²) in [4.78, 5) is 7.81. The quantitative estimate of drug-likeness (QED) is 0.597. The van der Waals surface area contributed by atoms with E-state index in [-0.39, 0.29) is 5.52 Å². The van der Waals surface area contributed by atoms with Crippen LogP contribution in [0, 0.1) is 0 Å². The lowest BCUT2D eigenvalue weighted by atomic mass is 10.2. The lowest BCUT2D eigenvalue weighted by Gasteiger charge is -2.07. The number of allylic oxidation sites excluding steroid dienone is 2. The number of benzene rings is 1. The Balaban J connectivity index is 2.42. The molecular formula is C15H14F5N3. The Morgan fingerprint density at radius 1 is 1.39 bits per heavy atom. The number of aryl methyl sites for hydroxylation is 1. The van der Waals surface area contributed by atoms with Crippen molar-refractivity contribution in [2.24, 2.45) is 12.0 Å². The molecule has 0 saturated heterocycles. The van der Waals surface area contributed by atoms with E-state index in [1.54, 1.807) is 18.5 Å². The molecule has 0 amide bonds. The average Bonchev–Trinajstić information content (AvgIpc) is 2.81. The SMILES string of the molecule is CC(/N=C(F)\C=C/CF)c1nc2cc(C(F)(F)F)ccc2n1C. The molecule has 0 bridgehead atoms. The van der Waals surface area contributed by atoms with Gasteiger partial charge in [0, 0.05) is 7.05 Å². The van der Waals surface area contributed by atoms with Crippen molar-refractivity contribution in [3.8, 4) is 0 Å². The molecule has 0 aliphatic carbocycles. The Kier molecular flexibility index (Phi) is 4.82. The number of hydrogen-bond donors (Lipinski definition) is 0. The topological polar surface area (TPSA) is 30.2 Å². The summed E-state index contributed by atoms with van der Waals surface area (Å²) in [6.45, 7) is 0.735. The zero-order valence-electron chi connectivity index (χ0n) is 12.4. The van der Waals surface area contributed by atoms with Gasteiger partial charge in [-0.05, 0) is 37.3 Å². The Morgan fingerprint density at radius 2 is 2.09 bits per heavy atom. The van der Waals surface area contributed by atoms with Gasteiger partial charge in [-0.25, -0.2) is 14.4 Å². The molecule has 0 saturated carbocycles. The van der Waals surface area contributed by atoms with Gasteiger partial charge >= 0.3 is 6.18 Å². The molecule has 0 N–H and O–H groups in total. The first-order valence-corrected chi connectivity index (χ1v) is 6.73. The van der Waals surface area contributed by atoms with Gasteiger partial charge in [-0.3, -0.25) is 0 Å². The summed E-state index contributed by atoms with van der Waals surface area (Å²) in [7, 11) is 1.61. The lowest BCUT2D eigenvalue weighted by Crippen LogP contribution is -2.04. The molecular weight excluding hydrogens is 317 g/mol. The number of rotatable bonds is 4. The molecule has 0 aliphatic heterocycles. The van der Waals surface area contributed by atoms with Crippen molar-refractivity contribution in [2.75, 3.05) is 6.67 Å². The third-order valence-electron chi connectivity index (χ3n) is 3.28. The normalized spacial score (nSPS) is 14.8. The Bertz CT molecular complexity index is 758. The maximum absolute atomic E-state index is 13.4. The summed E-state index contributed by atoms with van der Waals surface area (Å²) < 4.78 is 65.1.